The summed E-state index contributed by atoms with van der Waals surface area (Å²) in [7, 11) is 0. The van der Waals surface area contributed by atoms with Crippen molar-refractivity contribution < 1.29 is 4.74 Å². The summed E-state index contributed by atoms with van der Waals surface area (Å²) in [5.74, 6) is 0. The van der Waals surface area contributed by atoms with Gasteiger partial charge in [0.1, 0.15) is 4.60 Å². The molecule has 1 N–H and O–H groups in total. The van der Waals surface area contributed by atoms with Crippen molar-refractivity contribution in [2.75, 3.05) is 11.9 Å². The van der Waals surface area contributed by atoms with Crippen LogP contribution in [-0.2, 0) is 4.74 Å². The monoisotopic (exact) mass is 276 g/mol. The first-order valence-corrected chi connectivity index (χ1v) is 6.27. The van der Waals surface area contributed by atoms with Gasteiger partial charge in [0.25, 0.3) is 0 Å². The Hall–Kier alpha value is -0.130. The highest BCUT2D eigenvalue weighted by atomic mass is 79.9. The van der Waals surface area contributed by atoms with E-state index in [1.807, 2.05) is 5.38 Å². The molecule has 0 amide bonds. The summed E-state index contributed by atoms with van der Waals surface area (Å²) in [6.07, 6.45) is 1.05. The van der Waals surface area contributed by atoms with Crippen molar-refractivity contribution in [3.63, 3.8) is 0 Å². The number of hydrogen-bond donors (Lipinski definition) is 1. The normalized spacial score (nSPS) is 25.2. The van der Waals surface area contributed by atoms with Gasteiger partial charge in [-0.05, 0) is 36.2 Å². The minimum Gasteiger partial charge on any atom is -0.373 e. The summed E-state index contributed by atoms with van der Waals surface area (Å²) in [6, 6.07) is 0.362. The molecule has 14 heavy (non-hydrogen) atoms. The molecule has 0 radical (unpaired) electrons. The molecule has 1 fully saturated rings. The first-order chi connectivity index (χ1) is 6.58. The smallest absolute Gasteiger partial charge is 0.184 e. The fourth-order valence-electron chi connectivity index (χ4n) is 1.60. The Bertz CT molecular complexity index is 326. The van der Waals surface area contributed by atoms with Crippen molar-refractivity contribution in [2.45, 2.75) is 31.9 Å². The van der Waals surface area contributed by atoms with Gasteiger partial charge < -0.3 is 10.1 Å². The van der Waals surface area contributed by atoms with E-state index in [1.54, 1.807) is 11.3 Å². The number of halogens is 1. The fraction of sp³-hybridized carbons (Fsp3) is 0.667. The highest BCUT2D eigenvalue weighted by Gasteiger charge is 2.36. The minimum absolute atomic E-state index is 0.0852. The Morgan fingerprint density at radius 2 is 2.50 bits per heavy atom. The lowest BCUT2D eigenvalue weighted by Gasteiger charge is -2.26. The van der Waals surface area contributed by atoms with Crippen LogP contribution in [0.25, 0.3) is 0 Å². The van der Waals surface area contributed by atoms with Crippen LogP contribution in [-0.4, -0.2) is 23.2 Å². The second kappa shape index (κ2) is 3.79. The number of nitrogens with zero attached hydrogens (tertiary/aromatic N) is 1. The van der Waals surface area contributed by atoms with Gasteiger partial charge in [0.15, 0.2) is 5.13 Å². The van der Waals surface area contributed by atoms with Crippen LogP contribution < -0.4 is 5.32 Å². The third-order valence-electron chi connectivity index (χ3n) is 2.49. The second-order valence-electron chi connectivity index (χ2n) is 3.91. The highest BCUT2D eigenvalue weighted by Crippen LogP contribution is 2.29. The maximum absolute atomic E-state index is 5.63. The van der Waals surface area contributed by atoms with Crippen molar-refractivity contribution in [2.24, 2.45) is 0 Å². The summed E-state index contributed by atoms with van der Waals surface area (Å²) in [6.45, 7) is 5.05. The van der Waals surface area contributed by atoms with Gasteiger partial charge in [-0.1, -0.05) is 0 Å². The average molecular weight is 277 g/mol. The largest absolute Gasteiger partial charge is 0.373 e. The van der Waals surface area contributed by atoms with Crippen LogP contribution in [0.1, 0.15) is 20.3 Å². The topological polar surface area (TPSA) is 34.1 Å². The van der Waals surface area contributed by atoms with E-state index in [2.05, 4.69) is 40.1 Å². The predicted octanol–water partition coefficient (Wildman–Crippen LogP) is 2.89. The van der Waals surface area contributed by atoms with Crippen LogP contribution in [0.3, 0.4) is 0 Å². The Morgan fingerprint density at radius 3 is 3.00 bits per heavy atom. The van der Waals surface area contributed by atoms with Crippen LogP contribution in [0.4, 0.5) is 5.13 Å². The van der Waals surface area contributed by atoms with Crippen LogP contribution >= 0.6 is 27.3 Å². The van der Waals surface area contributed by atoms with Gasteiger partial charge in [-0.3, -0.25) is 0 Å². The molecule has 0 aliphatic carbocycles. The second-order valence-corrected chi connectivity index (χ2v) is 5.58. The molecule has 0 bridgehead atoms. The number of hydrogen-bond acceptors (Lipinski definition) is 4. The highest BCUT2D eigenvalue weighted by molar-refractivity contribution is 9.10. The number of anilines is 1. The molecule has 1 aliphatic heterocycles. The molecule has 2 heterocycles. The van der Waals surface area contributed by atoms with Crippen LogP contribution in [0.5, 0.6) is 0 Å². The Kier molecular flexibility index (Phi) is 2.81. The summed E-state index contributed by atoms with van der Waals surface area (Å²) < 4.78 is 6.53. The van der Waals surface area contributed by atoms with E-state index in [0.717, 1.165) is 22.8 Å². The molecule has 0 aromatic carbocycles. The number of thiazole rings is 1. The van der Waals surface area contributed by atoms with Gasteiger partial charge in [-0.25, -0.2) is 4.98 Å². The number of rotatable bonds is 2. The Balaban J connectivity index is 2.04. The van der Waals surface area contributed by atoms with E-state index < -0.39 is 0 Å². The lowest BCUT2D eigenvalue weighted by Crippen LogP contribution is -2.37. The third kappa shape index (κ3) is 2.10. The fourth-order valence-corrected chi connectivity index (χ4v) is 2.80. The summed E-state index contributed by atoms with van der Waals surface area (Å²) in [5.41, 5.74) is -0.0852. The Labute approximate surface area is 96.0 Å². The SMILES string of the molecule is CC1(C)OCCC1Nc1nc(Br)cs1. The molecule has 5 heteroatoms. The van der Waals surface area contributed by atoms with Crippen molar-refractivity contribution in [1.29, 1.82) is 0 Å². The number of aromatic nitrogens is 1. The van der Waals surface area contributed by atoms with Gasteiger partial charge in [0.2, 0.25) is 0 Å². The zero-order valence-corrected chi connectivity index (χ0v) is 10.6. The zero-order chi connectivity index (χ0) is 10.2. The number of ether oxygens (including phenoxy) is 1. The molecule has 0 spiro atoms. The van der Waals surface area contributed by atoms with Gasteiger partial charge in [-0.15, -0.1) is 11.3 Å². The maximum atomic E-state index is 5.63. The van der Waals surface area contributed by atoms with E-state index in [9.17, 15) is 0 Å². The molecule has 1 saturated heterocycles. The maximum Gasteiger partial charge on any atom is 0.184 e. The van der Waals surface area contributed by atoms with Crippen molar-refractivity contribution in [1.82, 2.24) is 4.98 Å². The zero-order valence-electron chi connectivity index (χ0n) is 8.21. The third-order valence-corrected chi connectivity index (χ3v) is 3.98. The van der Waals surface area contributed by atoms with Gasteiger partial charge >= 0.3 is 0 Å². The van der Waals surface area contributed by atoms with E-state index in [1.165, 1.54) is 0 Å². The summed E-state index contributed by atoms with van der Waals surface area (Å²) >= 11 is 4.95. The van der Waals surface area contributed by atoms with Crippen LogP contribution in [0, 0.1) is 0 Å². The standard InChI is InChI=1S/C9H13BrN2OS/c1-9(2)6(3-4-13-9)11-8-12-7(10)5-14-8/h5-6H,3-4H2,1-2H3,(H,11,12). The van der Waals surface area contributed by atoms with Gasteiger partial charge in [0, 0.05) is 12.0 Å². The van der Waals surface area contributed by atoms with Crippen LogP contribution in [0.2, 0.25) is 0 Å². The van der Waals surface area contributed by atoms with Crippen molar-refractivity contribution >= 4 is 32.4 Å². The lowest BCUT2D eigenvalue weighted by molar-refractivity contribution is 0.0315. The Morgan fingerprint density at radius 1 is 1.71 bits per heavy atom. The van der Waals surface area contributed by atoms with Gasteiger partial charge in [-0.2, -0.15) is 0 Å². The lowest BCUT2D eigenvalue weighted by atomic mass is 9.99. The number of nitrogens with one attached hydrogen (secondary N) is 1. The average Bonchev–Trinajstić information content (AvgIpc) is 2.61. The molecular weight excluding hydrogens is 264 g/mol. The molecule has 1 unspecified atom stereocenters. The molecule has 1 aromatic rings. The summed E-state index contributed by atoms with van der Waals surface area (Å²) in [5, 5.41) is 6.34. The first kappa shape index (κ1) is 10.4. The summed E-state index contributed by atoms with van der Waals surface area (Å²) in [4.78, 5) is 4.31. The molecule has 1 aromatic heterocycles. The molecule has 3 nitrogen and oxygen atoms in total. The van der Waals surface area contributed by atoms with Crippen molar-refractivity contribution in [3.8, 4) is 0 Å². The quantitative estimate of drug-likeness (QED) is 0.902. The molecule has 78 valence electrons. The van der Waals surface area contributed by atoms with E-state index >= 15 is 0 Å². The van der Waals surface area contributed by atoms with E-state index in [0.29, 0.717) is 6.04 Å². The van der Waals surface area contributed by atoms with Crippen molar-refractivity contribution in [3.05, 3.63) is 9.98 Å². The molecule has 1 aliphatic rings. The van der Waals surface area contributed by atoms with Crippen LogP contribution in [0.15, 0.2) is 9.98 Å². The first-order valence-electron chi connectivity index (χ1n) is 4.59. The molecule has 2 rings (SSSR count). The van der Waals surface area contributed by atoms with E-state index in [4.69, 9.17) is 4.74 Å². The molecule has 1 atom stereocenters. The van der Waals surface area contributed by atoms with Gasteiger partial charge in [0.05, 0.1) is 11.6 Å². The molecule has 0 saturated carbocycles. The minimum atomic E-state index is -0.0852. The predicted molar refractivity (Wildman–Crippen MR) is 61.9 cm³/mol. The van der Waals surface area contributed by atoms with E-state index in [-0.39, 0.29) is 5.60 Å². The molecular formula is C9H13BrN2OS.